The number of carbonyl (C=O) groups excluding carboxylic acids is 1. The number of methoxy groups -OCH3 is 2. The molecule has 0 aromatic heterocycles. The van der Waals surface area contributed by atoms with Gasteiger partial charge >= 0.3 is 0 Å². The van der Waals surface area contributed by atoms with Crippen LogP contribution in [0.4, 0.5) is 0 Å². The van der Waals surface area contributed by atoms with Crippen molar-refractivity contribution in [3.8, 4) is 29.6 Å². The van der Waals surface area contributed by atoms with Crippen LogP contribution in [-0.4, -0.2) is 26.6 Å². The Morgan fingerprint density at radius 2 is 1.79 bits per heavy atom. The van der Waals surface area contributed by atoms with Gasteiger partial charge in [0.25, 0.3) is 0 Å². The van der Waals surface area contributed by atoms with Crippen LogP contribution in [0.2, 0.25) is 0 Å². The molecular weight excluding hydrogens is 304 g/mol. The highest BCUT2D eigenvalue weighted by Crippen LogP contribution is 2.25. The van der Waals surface area contributed by atoms with E-state index >= 15 is 0 Å². The van der Waals surface area contributed by atoms with Crippen molar-refractivity contribution in [3.63, 3.8) is 0 Å². The first kappa shape index (κ1) is 17.2. The van der Waals surface area contributed by atoms with E-state index < -0.39 is 0 Å². The lowest BCUT2D eigenvalue weighted by Gasteiger charge is -2.07. The zero-order chi connectivity index (χ0) is 17.4. The van der Waals surface area contributed by atoms with Crippen LogP contribution in [0.15, 0.2) is 48.5 Å². The van der Waals surface area contributed by atoms with Gasteiger partial charge in [-0.05, 0) is 48.6 Å². The van der Waals surface area contributed by atoms with Crippen molar-refractivity contribution in [3.05, 3.63) is 59.7 Å². The van der Waals surface area contributed by atoms with Gasteiger partial charge in [0.2, 0.25) is 0 Å². The molecule has 0 heterocycles. The van der Waals surface area contributed by atoms with Gasteiger partial charge in [0, 0.05) is 17.2 Å². The van der Waals surface area contributed by atoms with Gasteiger partial charge in [-0.15, -0.1) is 6.42 Å². The summed E-state index contributed by atoms with van der Waals surface area (Å²) in [5.41, 5.74) is 1.35. The maximum atomic E-state index is 12.2. The highest BCUT2D eigenvalue weighted by atomic mass is 16.5. The van der Waals surface area contributed by atoms with Crippen molar-refractivity contribution in [2.45, 2.75) is 0 Å². The lowest BCUT2D eigenvalue weighted by molar-refractivity contribution is 0.104. The van der Waals surface area contributed by atoms with Gasteiger partial charge in [-0.2, -0.15) is 0 Å². The average molecular weight is 322 g/mol. The van der Waals surface area contributed by atoms with E-state index in [1.54, 1.807) is 50.6 Å². The van der Waals surface area contributed by atoms with E-state index in [0.29, 0.717) is 22.8 Å². The number of ether oxygens (including phenoxy) is 3. The molecule has 2 rings (SSSR count). The minimum absolute atomic E-state index is 0.114. The molecule has 0 radical (unpaired) electrons. The normalized spacial score (nSPS) is 10.2. The van der Waals surface area contributed by atoms with Crippen LogP contribution in [0.3, 0.4) is 0 Å². The summed E-state index contributed by atoms with van der Waals surface area (Å²) in [5.74, 6) is 4.23. The fourth-order valence-corrected chi connectivity index (χ4v) is 2.06. The van der Waals surface area contributed by atoms with E-state index in [-0.39, 0.29) is 12.4 Å². The maximum Gasteiger partial charge on any atom is 0.185 e. The molecule has 2 aromatic carbocycles. The van der Waals surface area contributed by atoms with Crippen molar-refractivity contribution in [1.82, 2.24) is 0 Å². The zero-order valence-corrected chi connectivity index (χ0v) is 13.6. The third-order valence-corrected chi connectivity index (χ3v) is 3.32. The van der Waals surface area contributed by atoms with Crippen molar-refractivity contribution in [1.29, 1.82) is 0 Å². The van der Waals surface area contributed by atoms with Gasteiger partial charge in [-0.1, -0.05) is 5.92 Å². The Balaban J connectivity index is 2.11. The number of terminal acetylenes is 1. The molecule has 0 aliphatic heterocycles. The number of hydrogen-bond donors (Lipinski definition) is 0. The van der Waals surface area contributed by atoms with Crippen molar-refractivity contribution in [2.24, 2.45) is 0 Å². The van der Waals surface area contributed by atoms with E-state index in [0.717, 1.165) is 5.56 Å². The first-order chi connectivity index (χ1) is 11.7. The fraction of sp³-hybridized carbons (Fsp3) is 0.150. The number of allylic oxidation sites excluding steroid dienone is 1. The first-order valence-corrected chi connectivity index (χ1v) is 7.28. The van der Waals surface area contributed by atoms with Crippen molar-refractivity contribution in [2.75, 3.05) is 20.8 Å². The Hall–Kier alpha value is -3.19. The van der Waals surface area contributed by atoms with Crippen LogP contribution in [-0.2, 0) is 0 Å². The SMILES string of the molecule is C#CCOc1ccc(C(=O)/C=C/c2ccc(OC)cc2OC)cc1. The Labute approximate surface area is 141 Å². The van der Waals surface area contributed by atoms with E-state index in [4.69, 9.17) is 20.6 Å². The fourth-order valence-electron chi connectivity index (χ4n) is 2.06. The van der Waals surface area contributed by atoms with Gasteiger partial charge in [0.1, 0.15) is 23.9 Å². The van der Waals surface area contributed by atoms with E-state index in [1.165, 1.54) is 6.08 Å². The Kier molecular flexibility index (Phi) is 6.04. The minimum atomic E-state index is -0.114. The molecule has 4 heteroatoms. The molecule has 24 heavy (non-hydrogen) atoms. The molecule has 0 aliphatic rings. The standard InChI is InChI=1S/C20H18O4/c1-4-13-24-17-9-5-15(6-10-17)19(21)12-8-16-7-11-18(22-2)14-20(16)23-3/h1,5-12,14H,13H2,2-3H3/b12-8+. The Bertz CT molecular complexity index is 767. The van der Waals surface area contributed by atoms with Crippen LogP contribution < -0.4 is 14.2 Å². The quantitative estimate of drug-likeness (QED) is 0.444. The molecule has 0 saturated heterocycles. The highest BCUT2D eigenvalue weighted by molar-refractivity contribution is 6.07. The van der Waals surface area contributed by atoms with Gasteiger partial charge in [-0.3, -0.25) is 4.79 Å². The van der Waals surface area contributed by atoms with E-state index in [1.807, 2.05) is 12.1 Å². The third-order valence-electron chi connectivity index (χ3n) is 3.32. The monoisotopic (exact) mass is 322 g/mol. The molecule has 0 unspecified atom stereocenters. The third kappa shape index (κ3) is 4.40. The van der Waals surface area contributed by atoms with Crippen molar-refractivity contribution >= 4 is 11.9 Å². The van der Waals surface area contributed by atoms with E-state index in [9.17, 15) is 4.79 Å². The molecule has 2 aromatic rings. The molecule has 0 saturated carbocycles. The Morgan fingerprint density at radius 3 is 2.42 bits per heavy atom. The zero-order valence-electron chi connectivity index (χ0n) is 13.6. The van der Waals surface area contributed by atoms with Gasteiger partial charge in [0.05, 0.1) is 14.2 Å². The number of ketones is 1. The second-order valence-corrected chi connectivity index (χ2v) is 4.82. The topological polar surface area (TPSA) is 44.8 Å². The lowest BCUT2D eigenvalue weighted by atomic mass is 10.1. The molecule has 0 aliphatic carbocycles. The van der Waals surface area contributed by atoms with Gasteiger partial charge < -0.3 is 14.2 Å². The van der Waals surface area contributed by atoms with Crippen LogP contribution >= 0.6 is 0 Å². The summed E-state index contributed by atoms with van der Waals surface area (Å²) in [6, 6.07) is 12.2. The maximum absolute atomic E-state index is 12.2. The number of hydrogen-bond acceptors (Lipinski definition) is 4. The molecule has 0 spiro atoms. The van der Waals surface area contributed by atoms with E-state index in [2.05, 4.69) is 5.92 Å². The van der Waals surface area contributed by atoms with Crippen molar-refractivity contribution < 1.29 is 19.0 Å². The predicted molar refractivity (Wildman–Crippen MR) is 93.7 cm³/mol. The number of benzene rings is 2. The molecular formula is C20H18O4. The Morgan fingerprint density at radius 1 is 1.08 bits per heavy atom. The summed E-state index contributed by atoms with van der Waals surface area (Å²) in [7, 11) is 3.16. The summed E-state index contributed by atoms with van der Waals surface area (Å²) in [5, 5.41) is 0. The van der Waals surface area contributed by atoms with Crippen LogP contribution in [0.5, 0.6) is 17.2 Å². The summed E-state index contributed by atoms with van der Waals surface area (Å²) < 4.78 is 15.7. The van der Waals surface area contributed by atoms with Gasteiger partial charge in [0.15, 0.2) is 5.78 Å². The first-order valence-electron chi connectivity index (χ1n) is 7.28. The van der Waals surface area contributed by atoms with Gasteiger partial charge in [-0.25, -0.2) is 0 Å². The average Bonchev–Trinajstić information content (AvgIpc) is 2.64. The molecule has 122 valence electrons. The number of carbonyl (C=O) groups is 1. The molecule has 0 amide bonds. The highest BCUT2D eigenvalue weighted by Gasteiger charge is 2.05. The summed E-state index contributed by atoms with van der Waals surface area (Å²) in [6.45, 7) is 0.199. The van der Waals surface area contributed by atoms with Crippen LogP contribution in [0, 0.1) is 12.3 Å². The molecule has 0 fully saturated rings. The molecule has 0 N–H and O–H groups in total. The smallest absolute Gasteiger partial charge is 0.185 e. The predicted octanol–water partition coefficient (Wildman–Crippen LogP) is 3.61. The lowest BCUT2D eigenvalue weighted by Crippen LogP contribution is -1.97. The molecule has 4 nitrogen and oxygen atoms in total. The second kappa shape index (κ2) is 8.44. The summed E-state index contributed by atoms with van der Waals surface area (Å²) in [6.07, 6.45) is 8.35. The minimum Gasteiger partial charge on any atom is -0.497 e. The van der Waals surface area contributed by atoms with Crippen LogP contribution in [0.25, 0.3) is 6.08 Å². The summed E-state index contributed by atoms with van der Waals surface area (Å²) >= 11 is 0. The largest absolute Gasteiger partial charge is 0.497 e. The van der Waals surface area contributed by atoms with Crippen LogP contribution in [0.1, 0.15) is 15.9 Å². The second-order valence-electron chi connectivity index (χ2n) is 4.82. The molecule has 0 atom stereocenters. The molecule has 0 bridgehead atoms. The number of rotatable bonds is 7. The summed E-state index contributed by atoms with van der Waals surface area (Å²) in [4.78, 5) is 12.2.